The van der Waals surface area contributed by atoms with Crippen LogP contribution in [0, 0.1) is 0 Å². The van der Waals surface area contributed by atoms with E-state index in [9.17, 15) is 9.59 Å². The summed E-state index contributed by atoms with van der Waals surface area (Å²) < 4.78 is 0. The Morgan fingerprint density at radius 3 is 2.40 bits per heavy atom. The van der Waals surface area contributed by atoms with Crippen LogP contribution >= 0.6 is 0 Å². The van der Waals surface area contributed by atoms with Gasteiger partial charge in [-0.2, -0.15) is 10.1 Å². The summed E-state index contributed by atoms with van der Waals surface area (Å²) in [6.07, 6.45) is 0.595. The summed E-state index contributed by atoms with van der Waals surface area (Å²) in [7, 11) is 0. The van der Waals surface area contributed by atoms with Crippen molar-refractivity contribution in [2.45, 2.75) is 0 Å². The minimum Gasteiger partial charge on any atom is -0.477 e. The van der Waals surface area contributed by atoms with E-state index in [1.54, 1.807) is 30.3 Å². The number of aliphatic carboxylic acids is 1. The molecular formula is C9H9N3O3. The second-order valence-corrected chi connectivity index (χ2v) is 2.57. The summed E-state index contributed by atoms with van der Waals surface area (Å²) in [6.45, 7) is 0. The number of carbonyl (C=O) groups excluding carboxylic acids is 1. The Kier molecular flexibility index (Phi) is 3.39. The van der Waals surface area contributed by atoms with Gasteiger partial charge in [0.05, 0.1) is 5.69 Å². The molecule has 0 atom stereocenters. The standard InChI is InChI=1S/C9H9N3O3/c10-9(15)12(11-6-8(13)14)7-4-2-1-3-5-7/h1-6H,(H2,10,15)(H,13,14). The molecule has 6 nitrogen and oxygen atoms in total. The van der Waals surface area contributed by atoms with Gasteiger partial charge in [-0.25, -0.2) is 9.59 Å². The molecule has 0 aromatic heterocycles. The summed E-state index contributed by atoms with van der Waals surface area (Å²) in [4.78, 5) is 21.2. The molecule has 3 N–H and O–H groups in total. The van der Waals surface area contributed by atoms with Crippen LogP contribution in [0.1, 0.15) is 0 Å². The van der Waals surface area contributed by atoms with Crippen LogP contribution in [0.25, 0.3) is 0 Å². The molecule has 0 aliphatic heterocycles. The van der Waals surface area contributed by atoms with E-state index in [-0.39, 0.29) is 0 Å². The number of primary amides is 1. The van der Waals surface area contributed by atoms with Crippen LogP contribution in [-0.2, 0) is 4.79 Å². The molecule has 2 amide bonds. The molecule has 0 heterocycles. The Balaban J connectivity index is 2.94. The van der Waals surface area contributed by atoms with Crippen molar-refractivity contribution in [2.75, 3.05) is 5.01 Å². The number of nitrogens with two attached hydrogens (primary N) is 1. The Bertz CT molecular complexity index is 389. The first-order chi connectivity index (χ1) is 7.11. The first-order valence-electron chi connectivity index (χ1n) is 4.03. The first-order valence-corrected chi connectivity index (χ1v) is 4.03. The minimum absolute atomic E-state index is 0.405. The normalized spacial score (nSPS) is 10.1. The van der Waals surface area contributed by atoms with Gasteiger partial charge >= 0.3 is 12.0 Å². The average Bonchev–Trinajstić information content (AvgIpc) is 2.18. The van der Waals surface area contributed by atoms with E-state index < -0.39 is 12.0 Å². The van der Waals surface area contributed by atoms with E-state index >= 15 is 0 Å². The molecule has 1 aromatic carbocycles. The van der Waals surface area contributed by atoms with Crippen LogP contribution in [0.3, 0.4) is 0 Å². The topological polar surface area (TPSA) is 96.0 Å². The van der Waals surface area contributed by atoms with Crippen LogP contribution in [0.15, 0.2) is 35.4 Å². The maximum Gasteiger partial charge on any atom is 0.348 e. The van der Waals surface area contributed by atoms with E-state index in [2.05, 4.69) is 5.10 Å². The molecule has 1 aromatic rings. The number of benzene rings is 1. The third-order valence-electron chi connectivity index (χ3n) is 1.49. The largest absolute Gasteiger partial charge is 0.477 e. The summed E-state index contributed by atoms with van der Waals surface area (Å²) in [5, 5.41) is 12.6. The van der Waals surface area contributed by atoms with Crippen molar-refractivity contribution in [3.63, 3.8) is 0 Å². The second-order valence-electron chi connectivity index (χ2n) is 2.57. The number of amides is 2. The third kappa shape index (κ3) is 3.11. The Labute approximate surface area is 85.6 Å². The summed E-state index contributed by atoms with van der Waals surface area (Å²) in [5.74, 6) is -1.25. The summed E-state index contributed by atoms with van der Waals surface area (Å²) >= 11 is 0. The Morgan fingerprint density at radius 1 is 1.33 bits per heavy atom. The number of para-hydroxylation sites is 1. The molecule has 6 heteroatoms. The van der Waals surface area contributed by atoms with Crippen LogP contribution < -0.4 is 10.7 Å². The number of hydrazone groups is 1. The zero-order chi connectivity index (χ0) is 11.3. The fraction of sp³-hybridized carbons (Fsp3) is 0. The number of anilines is 1. The van der Waals surface area contributed by atoms with Crippen molar-refractivity contribution in [3.8, 4) is 0 Å². The lowest BCUT2D eigenvalue weighted by Gasteiger charge is -2.12. The van der Waals surface area contributed by atoms with E-state index in [4.69, 9.17) is 10.8 Å². The van der Waals surface area contributed by atoms with Crippen molar-refractivity contribution in [3.05, 3.63) is 30.3 Å². The maximum absolute atomic E-state index is 11.0. The average molecular weight is 207 g/mol. The molecular weight excluding hydrogens is 198 g/mol. The predicted molar refractivity (Wildman–Crippen MR) is 54.6 cm³/mol. The highest BCUT2D eigenvalue weighted by Crippen LogP contribution is 2.12. The van der Waals surface area contributed by atoms with Gasteiger partial charge in [-0.1, -0.05) is 18.2 Å². The van der Waals surface area contributed by atoms with Crippen molar-refractivity contribution < 1.29 is 14.7 Å². The molecule has 0 fully saturated rings. The van der Waals surface area contributed by atoms with Crippen LogP contribution in [0.4, 0.5) is 10.5 Å². The van der Waals surface area contributed by atoms with Crippen molar-refractivity contribution in [2.24, 2.45) is 10.8 Å². The van der Waals surface area contributed by atoms with Gasteiger partial charge in [0.1, 0.15) is 6.21 Å². The molecule has 0 saturated carbocycles. The maximum atomic E-state index is 11.0. The van der Waals surface area contributed by atoms with E-state index in [1.165, 1.54) is 0 Å². The van der Waals surface area contributed by atoms with Gasteiger partial charge in [0, 0.05) is 0 Å². The lowest BCUT2D eigenvalue weighted by atomic mass is 10.3. The van der Waals surface area contributed by atoms with Crippen molar-refractivity contribution >= 4 is 23.9 Å². The molecule has 0 saturated heterocycles. The van der Waals surface area contributed by atoms with Crippen LogP contribution in [0.2, 0.25) is 0 Å². The number of hydrogen-bond acceptors (Lipinski definition) is 3. The third-order valence-corrected chi connectivity index (χ3v) is 1.49. The van der Waals surface area contributed by atoms with Crippen LogP contribution in [0.5, 0.6) is 0 Å². The number of carbonyl (C=O) groups is 2. The fourth-order valence-electron chi connectivity index (χ4n) is 0.927. The number of carboxylic acids is 1. The number of nitrogens with zero attached hydrogens (tertiary/aromatic N) is 2. The summed E-state index contributed by atoms with van der Waals surface area (Å²) in [6, 6.07) is 7.44. The molecule has 0 unspecified atom stereocenters. The molecule has 0 spiro atoms. The van der Waals surface area contributed by atoms with Crippen molar-refractivity contribution in [1.29, 1.82) is 0 Å². The molecule has 0 bridgehead atoms. The molecule has 15 heavy (non-hydrogen) atoms. The van der Waals surface area contributed by atoms with Gasteiger partial charge in [-0.15, -0.1) is 0 Å². The fourth-order valence-corrected chi connectivity index (χ4v) is 0.927. The number of carboxylic acid groups (broad SMARTS) is 1. The molecule has 0 radical (unpaired) electrons. The van der Waals surface area contributed by atoms with E-state index in [1.807, 2.05) is 0 Å². The van der Waals surface area contributed by atoms with Gasteiger partial charge in [0.25, 0.3) is 0 Å². The number of urea groups is 1. The quantitative estimate of drug-likeness (QED) is 0.562. The molecule has 0 aliphatic rings. The van der Waals surface area contributed by atoms with Gasteiger partial charge < -0.3 is 10.8 Å². The van der Waals surface area contributed by atoms with Gasteiger partial charge in [-0.3, -0.25) is 0 Å². The highest BCUT2D eigenvalue weighted by Gasteiger charge is 2.09. The van der Waals surface area contributed by atoms with Gasteiger partial charge in [0.2, 0.25) is 0 Å². The Hall–Kier alpha value is -2.37. The van der Waals surface area contributed by atoms with Crippen molar-refractivity contribution in [1.82, 2.24) is 0 Å². The highest BCUT2D eigenvalue weighted by molar-refractivity contribution is 6.22. The molecule has 0 aliphatic carbocycles. The zero-order valence-corrected chi connectivity index (χ0v) is 7.70. The predicted octanol–water partition coefficient (Wildman–Crippen LogP) is 0.642. The molecule has 78 valence electrons. The zero-order valence-electron chi connectivity index (χ0n) is 7.70. The van der Waals surface area contributed by atoms with Crippen LogP contribution in [-0.4, -0.2) is 23.3 Å². The van der Waals surface area contributed by atoms with E-state index in [0.29, 0.717) is 11.9 Å². The number of rotatable bonds is 3. The monoisotopic (exact) mass is 207 g/mol. The van der Waals surface area contributed by atoms with Gasteiger partial charge in [-0.05, 0) is 12.1 Å². The Morgan fingerprint density at radius 2 is 1.93 bits per heavy atom. The lowest BCUT2D eigenvalue weighted by Crippen LogP contribution is -2.31. The number of hydrogen-bond donors (Lipinski definition) is 2. The van der Waals surface area contributed by atoms with Gasteiger partial charge in [0.15, 0.2) is 0 Å². The second kappa shape index (κ2) is 4.75. The lowest BCUT2D eigenvalue weighted by molar-refractivity contribution is -0.128. The highest BCUT2D eigenvalue weighted by atomic mass is 16.4. The smallest absolute Gasteiger partial charge is 0.348 e. The molecule has 1 rings (SSSR count). The SMILES string of the molecule is NC(=O)N(N=CC(=O)O)c1ccccc1. The van der Waals surface area contributed by atoms with E-state index in [0.717, 1.165) is 5.01 Å². The summed E-state index contributed by atoms with van der Waals surface area (Å²) in [5.41, 5.74) is 5.44. The first kappa shape index (κ1) is 10.7. The minimum atomic E-state index is -1.25.